The fourth-order valence-corrected chi connectivity index (χ4v) is 5.36. The number of hydrogen-bond acceptors (Lipinski definition) is 10. The smallest absolute Gasteiger partial charge is 0.251 e. The molecule has 0 radical (unpaired) electrons. The van der Waals surface area contributed by atoms with Crippen LogP contribution in [0.25, 0.3) is 0 Å². The van der Waals surface area contributed by atoms with Crippen molar-refractivity contribution >= 4 is 36.2 Å². The van der Waals surface area contributed by atoms with Gasteiger partial charge >= 0.3 is 0 Å². The Morgan fingerprint density at radius 3 is 2.06 bits per heavy atom. The van der Waals surface area contributed by atoms with Gasteiger partial charge in [0.15, 0.2) is 17.3 Å². The maximum atomic E-state index is 15.4. The van der Waals surface area contributed by atoms with Gasteiger partial charge in [-0.15, -0.1) is 12.4 Å². The molecule has 2 aliphatic heterocycles. The summed E-state index contributed by atoms with van der Waals surface area (Å²) in [6.07, 6.45) is 1.79. The lowest BCUT2D eigenvalue weighted by Crippen LogP contribution is -2.51. The van der Waals surface area contributed by atoms with E-state index in [2.05, 4.69) is 20.9 Å². The Kier molecular flexibility index (Phi) is 14.0. The molecule has 49 heavy (non-hydrogen) atoms. The first-order valence-corrected chi connectivity index (χ1v) is 15.6. The van der Waals surface area contributed by atoms with E-state index >= 15 is 4.39 Å². The third kappa shape index (κ3) is 9.61. The second kappa shape index (κ2) is 18.4. The van der Waals surface area contributed by atoms with E-state index in [-0.39, 0.29) is 72.1 Å². The molecule has 3 N–H and O–H groups in total. The number of nitrogens with zero attached hydrogens (tertiary/aromatic N) is 1. The number of amides is 2. The third-order valence-electron chi connectivity index (χ3n) is 7.96. The number of halogens is 2. The average Bonchev–Trinajstić information content (AvgIpc) is 3.76. The van der Waals surface area contributed by atoms with Gasteiger partial charge < -0.3 is 39.6 Å². The molecule has 2 amide bonds. The number of nitrogens with one attached hydrogen (secondary N) is 3. The van der Waals surface area contributed by atoms with Crippen LogP contribution in [0.2, 0.25) is 0 Å². The minimum atomic E-state index is -0.857. The molecule has 3 aromatic rings. The fourth-order valence-electron chi connectivity index (χ4n) is 5.36. The summed E-state index contributed by atoms with van der Waals surface area (Å²) in [5.74, 6) is -2.17. The Morgan fingerprint density at radius 2 is 1.39 bits per heavy atom. The number of methoxy groups -OCH3 is 2. The molecule has 0 spiro atoms. The predicted molar refractivity (Wildman–Crippen MR) is 182 cm³/mol. The van der Waals surface area contributed by atoms with Gasteiger partial charge in [0.1, 0.15) is 17.9 Å². The molecule has 2 atom stereocenters. The van der Waals surface area contributed by atoms with Crippen LogP contribution in [0.15, 0.2) is 59.6 Å². The molecule has 0 aliphatic carbocycles. The highest BCUT2D eigenvalue weighted by Crippen LogP contribution is 2.31. The lowest BCUT2D eigenvalue weighted by atomic mass is 10.00. The molecular formula is C35H40ClFN4O8. The number of rotatable bonds is 17. The van der Waals surface area contributed by atoms with Crippen molar-refractivity contribution in [3.63, 3.8) is 0 Å². The minimum absolute atomic E-state index is 0. The van der Waals surface area contributed by atoms with Crippen LogP contribution in [0.4, 0.5) is 4.39 Å². The summed E-state index contributed by atoms with van der Waals surface area (Å²) in [7, 11) is 2.90. The molecule has 0 saturated carbocycles. The summed E-state index contributed by atoms with van der Waals surface area (Å²) in [5, 5.41) is 9.18. The van der Waals surface area contributed by atoms with Gasteiger partial charge in [-0.1, -0.05) is 18.2 Å². The van der Waals surface area contributed by atoms with Crippen LogP contribution in [0, 0.1) is 5.82 Å². The van der Waals surface area contributed by atoms with Crippen LogP contribution >= 0.6 is 12.4 Å². The van der Waals surface area contributed by atoms with Crippen molar-refractivity contribution in [3.8, 4) is 11.5 Å². The Morgan fingerprint density at radius 1 is 0.796 bits per heavy atom. The van der Waals surface area contributed by atoms with Crippen molar-refractivity contribution in [2.45, 2.75) is 18.6 Å². The molecule has 2 aliphatic rings. The largest absolute Gasteiger partial charge is 0.494 e. The highest BCUT2D eigenvalue weighted by atomic mass is 35.5. The van der Waals surface area contributed by atoms with Gasteiger partial charge in [0.05, 0.1) is 58.8 Å². The molecule has 262 valence electrons. The van der Waals surface area contributed by atoms with Crippen molar-refractivity contribution in [1.29, 1.82) is 0 Å². The summed E-state index contributed by atoms with van der Waals surface area (Å²) in [5.41, 5.74) is 2.70. The Labute approximate surface area is 290 Å². The van der Waals surface area contributed by atoms with Crippen molar-refractivity contribution in [3.05, 3.63) is 93.8 Å². The van der Waals surface area contributed by atoms with Crippen LogP contribution in [-0.4, -0.2) is 103 Å². The molecule has 12 nitrogen and oxygen atoms in total. The van der Waals surface area contributed by atoms with Crippen LogP contribution in [0.3, 0.4) is 0 Å². The predicted octanol–water partition coefficient (Wildman–Crippen LogP) is 2.98. The second-order valence-electron chi connectivity index (χ2n) is 11.1. The van der Waals surface area contributed by atoms with Crippen molar-refractivity contribution in [1.82, 2.24) is 16.0 Å². The SMILES string of the molecule is COCCOCCOCCOc1ccc(OC)c(F)c1C(=O)c1ccc(C(=O)N[C@@H]2CNC[C@H]2NC(=O)c2ccc3c(c2)CN=C3)cc1.Cl. The summed E-state index contributed by atoms with van der Waals surface area (Å²) >= 11 is 0. The van der Waals surface area contributed by atoms with Crippen molar-refractivity contribution < 1.29 is 42.5 Å². The van der Waals surface area contributed by atoms with Crippen LogP contribution in [0.1, 0.15) is 47.8 Å². The van der Waals surface area contributed by atoms with Crippen LogP contribution < -0.4 is 25.4 Å². The lowest BCUT2D eigenvalue weighted by molar-refractivity contribution is 0.0179. The maximum Gasteiger partial charge on any atom is 0.251 e. The minimum Gasteiger partial charge on any atom is -0.494 e. The number of ether oxygens (including phenoxy) is 5. The van der Waals surface area contributed by atoms with E-state index in [1.165, 1.54) is 43.5 Å². The summed E-state index contributed by atoms with van der Waals surface area (Å²) in [4.78, 5) is 43.9. The molecule has 14 heteroatoms. The number of carbonyl (C=O) groups excluding carboxylic acids is 3. The van der Waals surface area contributed by atoms with Gasteiger partial charge in [0.2, 0.25) is 0 Å². The van der Waals surface area contributed by atoms with E-state index in [0.717, 1.165) is 11.1 Å². The van der Waals surface area contributed by atoms with Gasteiger partial charge in [0, 0.05) is 43.1 Å². The van der Waals surface area contributed by atoms with Gasteiger partial charge in [-0.2, -0.15) is 0 Å². The van der Waals surface area contributed by atoms with Gasteiger partial charge in [-0.05, 0) is 47.5 Å². The summed E-state index contributed by atoms with van der Waals surface area (Å²) < 4.78 is 41.9. The molecule has 0 aromatic heterocycles. The first-order chi connectivity index (χ1) is 23.4. The Bertz CT molecular complexity index is 1640. The molecule has 5 rings (SSSR count). The number of ketones is 1. The molecule has 1 fully saturated rings. The van der Waals surface area contributed by atoms with E-state index in [0.29, 0.717) is 57.2 Å². The molecule has 3 aromatic carbocycles. The normalized spacial score (nSPS) is 16.1. The topological polar surface area (TPSA) is 146 Å². The molecule has 1 saturated heterocycles. The third-order valence-corrected chi connectivity index (χ3v) is 7.96. The van der Waals surface area contributed by atoms with Gasteiger partial charge in [0.25, 0.3) is 11.8 Å². The Hall–Kier alpha value is -4.40. The number of benzene rings is 3. The molecule has 0 bridgehead atoms. The van der Waals surface area contributed by atoms with Crippen molar-refractivity contribution in [2.24, 2.45) is 4.99 Å². The Balaban J connectivity index is 0.00000541. The first-order valence-electron chi connectivity index (χ1n) is 15.6. The quantitative estimate of drug-likeness (QED) is 0.143. The highest BCUT2D eigenvalue weighted by molar-refractivity contribution is 6.11. The zero-order chi connectivity index (χ0) is 33.9. The number of hydrogen-bond donors (Lipinski definition) is 3. The van der Waals surface area contributed by atoms with E-state index in [4.69, 9.17) is 23.7 Å². The highest BCUT2D eigenvalue weighted by Gasteiger charge is 2.31. The maximum absolute atomic E-state index is 15.4. The van der Waals surface area contributed by atoms with Crippen molar-refractivity contribution in [2.75, 3.05) is 67.0 Å². The first kappa shape index (κ1) is 37.4. The monoisotopic (exact) mass is 698 g/mol. The molecule has 0 unspecified atom stereocenters. The molecular weight excluding hydrogens is 659 g/mol. The summed E-state index contributed by atoms with van der Waals surface area (Å²) in [6.45, 7) is 3.46. The van der Waals surface area contributed by atoms with E-state index < -0.39 is 11.6 Å². The number of carbonyl (C=O) groups is 3. The van der Waals surface area contributed by atoms with Crippen LogP contribution in [0.5, 0.6) is 11.5 Å². The molecule has 2 heterocycles. The van der Waals surface area contributed by atoms with E-state index in [9.17, 15) is 14.4 Å². The van der Waals surface area contributed by atoms with Crippen LogP contribution in [-0.2, 0) is 20.8 Å². The van der Waals surface area contributed by atoms with E-state index in [1.807, 2.05) is 12.1 Å². The zero-order valence-electron chi connectivity index (χ0n) is 27.3. The number of aliphatic imine (C=N–C) groups is 1. The average molecular weight is 699 g/mol. The second-order valence-corrected chi connectivity index (χ2v) is 11.1. The summed E-state index contributed by atoms with van der Waals surface area (Å²) in [6, 6.07) is 13.5. The number of fused-ring (bicyclic) bond motifs is 1. The fraction of sp³-hybridized carbons (Fsp3) is 0.371. The zero-order valence-corrected chi connectivity index (χ0v) is 28.1. The van der Waals surface area contributed by atoms with Gasteiger partial charge in [-0.3, -0.25) is 19.4 Å². The van der Waals surface area contributed by atoms with E-state index in [1.54, 1.807) is 19.4 Å². The standard InChI is InChI=1S/C35H39FN4O8.ClH/c1-44-11-12-46-13-14-47-15-16-48-29-9-10-30(45-2)32(36)31(29)33(41)22-3-5-23(6-4-22)34(42)39-27-20-38-21-28(27)40-35(43)24-7-8-25-18-37-19-26(25)17-24;/h3-10,17-18,27-28,38H,11-16,19-21H2,1-2H3,(H,39,42)(H,40,43);1H/t27-,28-;/m1./s1. The lowest BCUT2D eigenvalue weighted by Gasteiger charge is -2.21. The van der Waals surface area contributed by atoms with Gasteiger partial charge in [-0.25, -0.2) is 4.39 Å².